The van der Waals surface area contributed by atoms with Gasteiger partial charge in [-0.2, -0.15) is 13.2 Å². The summed E-state index contributed by atoms with van der Waals surface area (Å²) < 4.78 is 114. The Morgan fingerprint density at radius 1 is 1.10 bits per heavy atom. The molecule has 1 aromatic carbocycles. The molecule has 2 aromatic rings. The Morgan fingerprint density at radius 2 is 1.83 bits per heavy atom. The van der Waals surface area contributed by atoms with Crippen molar-refractivity contribution in [3.8, 4) is 17.4 Å². The van der Waals surface area contributed by atoms with Crippen LogP contribution in [0.2, 0.25) is 0 Å². The molecule has 2 aliphatic carbocycles. The SMILES string of the molecule is C[C@H]1CCC=C[C@@H]2C[C@@]2(C(=O)NS(=O)(=O)C2CC2)NC(=O)[C@@H]2C[C@@H](Oc3nccc4c5c(ccc34)OC(F)(F)O5)CN2C(=O)[C@@H](N(C(=O)O)[C@H](C)C(F)(F)F)[C@H](C)C1. The Labute approximate surface area is 329 Å². The molecule has 2 saturated carbocycles. The summed E-state index contributed by atoms with van der Waals surface area (Å²) in [4.78, 5) is 60.9. The number of fused-ring (bicyclic) bond motifs is 5. The number of aromatic nitrogens is 1. The molecule has 8 atom stereocenters. The van der Waals surface area contributed by atoms with Gasteiger partial charge in [-0.1, -0.05) is 26.0 Å². The van der Waals surface area contributed by atoms with Crippen LogP contribution in [-0.2, 0) is 24.4 Å². The number of benzene rings is 1. The maximum Gasteiger partial charge on any atom is 0.586 e. The van der Waals surface area contributed by atoms with Crippen LogP contribution in [0.15, 0.2) is 36.5 Å². The zero-order chi connectivity index (χ0) is 42.1. The van der Waals surface area contributed by atoms with Gasteiger partial charge < -0.3 is 29.5 Å². The van der Waals surface area contributed by atoms with Gasteiger partial charge in [0.05, 0.1) is 11.8 Å². The van der Waals surface area contributed by atoms with Crippen LogP contribution in [0.1, 0.15) is 65.7 Å². The molecule has 3 N–H and O–H groups in total. The number of sulfonamides is 1. The second kappa shape index (κ2) is 14.7. The van der Waals surface area contributed by atoms with Gasteiger partial charge in [-0.3, -0.25) is 24.0 Å². The van der Waals surface area contributed by atoms with Crippen molar-refractivity contribution in [2.45, 2.75) is 113 Å². The van der Waals surface area contributed by atoms with Gasteiger partial charge in [-0.15, -0.1) is 8.78 Å². The molecular weight excluding hydrogens is 801 g/mol. The minimum Gasteiger partial charge on any atom is -0.472 e. The Morgan fingerprint density at radius 3 is 2.50 bits per heavy atom. The van der Waals surface area contributed by atoms with Crippen molar-refractivity contribution in [2.75, 3.05) is 6.54 Å². The van der Waals surface area contributed by atoms with Crippen LogP contribution >= 0.6 is 0 Å². The largest absolute Gasteiger partial charge is 0.586 e. The van der Waals surface area contributed by atoms with E-state index in [1.807, 2.05) is 0 Å². The van der Waals surface area contributed by atoms with Crippen LogP contribution in [0, 0.1) is 17.8 Å². The number of hydrogen-bond donors (Lipinski definition) is 3. The molecule has 7 rings (SSSR count). The van der Waals surface area contributed by atoms with E-state index in [2.05, 4.69) is 24.5 Å². The number of amides is 4. The highest BCUT2D eigenvalue weighted by atomic mass is 32.2. The number of nitrogens with zero attached hydrogens (tertiary/aromatic N) is 3. The average molecular weight is 844 g/mol. The molecule has 58 heavy (non-hydrogen) atoms. The summed E-state index contributed by atoms with van der Waals surface area (Å²) in [5.74, 6) is -5.67. The first-order valence-electron chi connectivity index (χ1n) is 18.9. The van der Waals surface area contributed by atoms with Crippen LogP contribution in [0.3, 0.4) is 0 Å². The second-order valence-electron chi connectivity index (χ2n) is 15.9. The van der Waals surface area contributed by atoms with Crippen molar-refractivity contribution < 1.29 is 68.9 Å². The maximum atomic E-state index is 14.8. The van der Waals surface area contributed by atoms with Gasteiger partial charge in [0.1, 0.15) is 29.8 Å². The van der Waals surface area contributed by atoms with Crippen molar-refractivity contribution in [1.82, 2.24) is 24.8 Å². The molecule has 316 valence electrons. The van der Waals surface area contributed by atoms with Gasteiger partial charge in [0.15, 0.2) is 11.5 Å². The third-order valence-electron chi connectivity index (χ3n) is 11.5. The number of halogens is 5. The summed E-state index contributed by atoms with van der Waals surface area (Å²) in [5, 5.41) is 12.4. The van der Waals surface area contributed by atoms with Crippen molar-refractivity contribution in [3.05, 3.63) is 36.5 Å². The van der Waals surface area contributed by atoms with Crippen LogP contribution < -0.4 is 24.2 Å². The summed E-state index contributed by atoms with van der Waals surface area (Å²) in [6.07, 6.45) is -6.15. The van der Waals surface area contributed by atoms with E-state index in [0.717, 1.165) is 4.90 Å². The molecule has 1 saturated heterocycles. The number of alkyl halides is 5. The number of allylic oxidation sites excluding steroid dienone is 1. The Bertz CT molecular complexity index is 2150. The quantitative estimate of drug-likeness (QED) is 0.259. The Kier molecular flexibility index (Phi) is 10.4. The molecule has 0 unspecified atom stereocenters. The van der Waals surface area contributed by atoms with E-state index in [1.165, 1.54) is 31.3 Å². The van der Waals surface area contributed by atoms with Gasteiger partial charge in [-0.05, 0) is 75.5 Å². The molecule has 4 amide bonds. The molecule has 15 nitrogen and oxygen atoms in total. The van der Waals surface area contributed by atoms with Crippen molar-refractivity contribution >= 4 is 44.6 Å². The Balaban J connectivity index is 1.27. The summed E-state index contributed by atoms with van der Waals surface area (Å²) >= 11 is 0. The molecule has 0 radical (unpaired) electrons. The zero-order valence-electron chi connectivity index (χ0n) is 31.5. The first kappa shape index (κ1) is 41.2. The van der Waals surface area contributed by atoms with E-state index in [1.54, 1.807) is 19.1 Å². The third-order valence-corrected chi connectivity index (χ3v) is 13.4. The molecule has 0 spiro atoms. The fourth-order valence-electron chi connectivity index (χ4n) is 8.24. The van der Waals surface area contributed by atoms with E-state index in [-0.39, 0.29) is 58.2 Å². The zero-order valence-corrected chi connectivity index (χ0v) is 32.3. The van der Waals surface area contributed by atoms with Crippen LogP contribution in [0.5, 0.6) is 17.4 Å². The third kappa shape index (κ3) is 7.92. The summed E-state index contributed by atoms with van der Waals surface area (Å²) in [5.41, 5.74) is -1.76. The van der Waals surface area contributed by atoms with Crippen molar-refractivity contribution in [1.29, 1.82) is 0 Å². The molecular formula is C37H42F5N5O10S. The van der Waals surface area contributed by atoms with Crippen LogP contribution in [-0.4, -0.2) is 106 Å². The summed E-state index contributed by atoms with van der Waals surface area (Å²) in [6, 6.07) is -2.23. The first-order valence-corrected chi connectivity index (χ1v) is 20.4. The molecule has 0 bridgehead atoms. The van der Waals surface area contributed by atoms with Crippen LogP contribution in [0.4, 0.5) is 26.7 Å². The number of rotatable bonds is 7. The maximum absolute atomic E-state index is 14.8. The average Bonchev–Trinajstić information content (AvgIpc) is 4.03. The number of nitrogens with one attached hydrogen (secondary N) is 2. The molecule has 5 aliphatic rings. The van der Waals surface area contributed by atoms with E-state index in [4.69, 9.17) is 4.74 Å². The fraction of sp³-hybridized carbons (Fsp3) is 0.595. The molecule has 4 heterocycles. The minimum atomic E-state index is -5.08. The predicted octanol–water partition coefficient (Wildman–Crippen LogP) is 4.70. The molecule has 3 aliphatic heterocycles. The van der Waals surface area contributed by atoms with E-state index in [9.17, 15) is 54.7 Å². The lowest BCUT2D eigenvalue weighted by Crippen LogP contribution is -2.62. The van der Waals surface area contributed by atoms with Gasteiger partial charge in [0.2, 0.25) is 27.7 Å². The van der Waals surface area contributed by atoms with Gasteiger partial charge in [0.25, 0.3) is 5.91 Å². The van der Waals surface area contributed by atoms with Crippen molar-refractivity contribution in [2.24, 2.45) is 17.8 Å². The molecule has 21 heteroatoms. The van der Waals surface area contributed by atoms with Crippen molar-refractivity contribution in [3.63, 3.8) is 0 Å². The highest BCUT2D eigenvalue weighted by Gasteiger charge is 2.62. The lowest BCUT2D eigenvalue weighted by molar-refractivity contribution is -0.286. The summed E-state index contributed by atoms with van der Waals surface area (Å²) in [6.45, 7) is 3.41. The van der Waals surface area contributed by atoms with Gasteiger partial charge >= 0.3 is 18.6 Å². The second-order valence-corrected chi connectivity index (χ2v) is 17.8. The lowest BCUT2D eigenvalue weighted by atomic mass is 9.86. The number of carboxylic acid groups (broad SMARTS) is 1. The standard InChI is InChI=1S/C37H42F5N5O10S/c1-18-6-4-5-7-21-16-35(21,33(50)45-58(53,54)23-8-9-23)44-30(48)26-15-22(55-31-25-10-11-27-29(24(25)12-13-43-31)57-37(41,42)56-27)17-46(26)32(49)28(19(2)14-18)47(34(51)52)20(3)36(38,39)40/h5,7,10-13,18-23,26,28H,4,6,8-9,14-17H2,1-3H3,(H,44,48)(H,45,50)(H,51,52)/t18-,19+,20+,21+,22+,26-,28-,35+/m0/s1. The molecule has 3 fully saturated rings. The predicted molar refractivity (Wildman–Crippen MR) is 192 cm³/mol. The normalized spacial score (nSPS) is 30.3. The summed E-state index contributed by atoms with van der Waals surface area (Å²) in [7, 11) is -4.06. The number of carbonyl (C=O) groups excluding carboxylic acids is 3. The van der Waals surface area contributed by atoms with E-state index >= 15 is 0 Å². The molecule has 1 aromatic heterocycles. The van der Waals surface area contributed by atoms with E-state index in [0.29, 0.717) is 32.6 Å². The number of pyridine rings is 1. The lowest BCUT2D eigenvalue weighted by Gasteiger charge is -2.40. The van der Waals surface area contributed by atoms with Crippen LogP contribution in [0.25, 0.3) is 10.8 Å². The smallest absolute Gasteiger partial charge is 0.472 e. The van der Waals surface area contributed by atoms with E-state index < -0.39 is 99.7 Å². The fourth-order valence-corrected chi connectivity index (χ4v) is 9.60. The number of ether oxygens (including phenoxy) is 3. The number of hydrogen-bond acceptors (Lipinski definition) is 10. The monoisotopic (exact) mass is 843 g/mol. The Hall–Kier alpha value is -4.95. The topological polar surface area (TPSA) is 194 Å². The first-order chi connectivity index (χ1) is 27.1. The number of carbonyl (C=O) groups is 4. The minimum absolute atomic E-state index is 0.00202. The highest BCUT2D eigenvalue weighted by molar-refractivity contribution is 7.91. The van der Waals surface area contributed by atoms with Gasteiger partial charge in [-0.25, -0.2) is 18.2 Å². The van der Waals surface area contributed by atoms with Gasteiger partial charge in [0, 0.05) is 29.3 Å². The highest BCUT2D eigenvalue weighted by Crippen LogP contribution is 2.48.